The lowest BCUT2D eigenvalue weighted by atomic mass is 10.4. The van der Waals surface area contributed by atoms with Crippen molar-refractivity contribution in [3.63, 3.8) is 0 Å². The summed E-state index contributed by atoms with van der Waals surface area (Å²) in [5.74, 6) is 0. The molecule has 0 saturated heterocycles. The Hall–Kier alpha value is -0.630. The highest BCUT2D eigenvalue weighted by Gasteiger charge is 1.74. The van der Waals surface area contributed by atoms with Crippen LogP contribution in [0.5, 0.6) is 0 Å². The minimum Gasteiger partial charge on any atom is -0.412 e. The summed E-state index contributed by atoms with van der Waals surface area (Å²) in [7, 11) is 1.73. The minimum atomic E-state index is 0. The lowest BCUT2D eigenvalue weighted by Gasteiger charge is -1.89. The lowest BCUT2D eigenvalue weighted by molar-refractivity contribution is 0.194. The fraction of sp³-hybridized carbons (Fsp3) is 0.909. The fourth-order valence-corrected chi connectivity index (χ4v) is 0.447. The monoisotopic (exact) mass is 221 g/mol. The Kier molecular flexibility index (Phi) is 60.0. The van der Waals surface area contributed by atoms with Crippen molar-refractivity contribution in [2.24, 2.45) is 0 Å². The second kappa shape index (κ2) is 37.7. The third kappa shape index (κ3) is 90.5. The molecule has 0 fully saturated rings. The molecule has 0 amide bonds. The van der Waals surface area contributed by atoms with E-state index in [4.69, 9.17) is 15.1 Å². The molecule has 4 heteroatoms. The molecule has 0 aromatic carbocycles. The van der Waals surface area contributed by atoms with Crippen LogP contribution in [0.2, 0.25) is 0 Å². The molecule has 0 rings (SSSR count). The first-order chi connectivity index (χ1) is 6.74. The maximum Gasteiger partial charge on any atom is 0.0587 e. The molecular formula is C11H27NO3. The number of rotatable bonds is 5. The molecule has 0 spiro atoms. The van der Waals surface area contributed by atoms with E-state index >= 15 is 0 Å². The maximum absolute atomic E-state index is 8.07. The van der Waals surface area contributed by atoms with Crippen LogP contribution in [0.25, 0.3) is 0 Å². The van der Waals surface area contributed by atoms with Crippen LogP contribution in [0.15, 0.2) is 0 Å². The average Bonchev–Trinajstić information content (AvgIpc) is 2.18. The molecule has 0 aliphatic carbocycles. The van der Waals surface area contributed by atoms with Gasteiger partial charge in [-0.25, -0.2) is 0 Å². The Labute approximate surface area is 94.2 Å². The summed E-state index contributed by atoms with van der Waals surface area (Å²) in [4.78, 5) is 0. The number of unbranched alkanes of at least 4 members (excludes halogenated alkanes) is 2. The molecule has 0 aromatic rings. The van der Waals surface area contributed by atoms with Gasteiger partial charge in [-0.15, -0.1) is 0 Å². The van der Waals surface area contributed by atoms with E-state index in [9.17, 15) is 0 Å². The third-order valence-electron chi connectivity index (χ3n) is 1.21. The first kappa shape index (κ1) is 23.9. The van der Waals surface area contributed by atoms with Gasteiger partial charge in [0.25, 0.3) is 0 Å². The predicted molar refractivity (Wildman–Crippen MR) is 63.7 cm³/mol. The lowest BCUT2D eigenvalue weighted by Crippen LogP contribution is -1.84. The zero-order chi connectivity index (χ0) is 11.7. The van der Waals surface area contributed by atoms with Gasteiger partial charge in [-0.05, 0) is 12.8 Å². The molecule has 0 bridgehead atoms. The minimum absolute atomic E-state index is 0. The molecular weight excluding hydrogens is 194 g/mol. The van der Waals surface area contributed by atoms with Crippen molar-refractivity contribution in [2.75, 3.05) is 20.3 Å². The number of ether oxygens (including phenoxy) is 1. The van der Waals surface area contributed by atoms with E-state index in [2.05, 4.69) is 13.8 Å². The first-order valence-corrected chi connectivity index (χ1v) is 5.15. The van der Waals surface area contributed by atoms with Crippen molar-refractivity contribution in [2.45, 2.75) is 46.5 Å². The van der Waals surface area contributed by atoms with Gasteiger partial charge < -0.3 is 15.3 Å². The highest BCUT2D eigenvalue weighted by molar-refractivity contribution is 4.51. The van der Waals surface area contributed by atoms with Gasteiger partial charge in [0, 0.05) is 27.2 Å². The van der Waals surface area contributed by atoms with E-state index < -0.39 is 0 Å². The standard InChI is InChI=1S/C5H12O.C4H10O.C2H3N.H2O/c1-3-4-5-6-2;1-2-3-4-5;1-2-3;/h3-5H2,1-2H3;5H,2-4H2,1H3;1H3;1H2. The van der Waals surface area contributed by atoms with E-state index in [0.29, 0.717) is 6.61 Å². The van der Waals surface area contributed by atoms with Gasteiger partial charge >= 0.3 is 0 Å². The Bertz CT molecular complexity index is 96.5. The molecule has 0 atom stereocenters. The van der Waals surface area contributed by atoms with E-state index in [1.54, 1.807) is 13.2 Å². The van der Waals surface area contributed by atoms with Crippen molar-refractivity contribution < 1.29 is 15.3 Å². The summed E-state index contributed by atoms with van der Waals surface area (Å²) in [6.07, 6.45) is 4.46. The zero-order valence-corrected chi connectivity index (χ0v) is 10.5. The number of hydrogen-bond acceptors (Lipinski definition) is 3. The molecule has 4 nitrogen and oxygen atoms in total. The molecule has 0 saturated carbocycles. The van der Waals surface area contributed by atoms with Crippen LogP contribution >= 0.6 is 0 Å². The number of aliphatic hydroxyl groups is 1. The van der Waals surface area contributed by atoms with Gasteiger partial charge in [-0.3, -0.25) is 0 Å². The van der Waals surface area contributed by atoms with Crippen LogP contribution in [0.1, 0.15) is 46.5 Å². The number of methoxy groups -OCH3 is 1. The second-order valence-corrected chi connectivity index (χ2v) is 2.65. The summed E-state index contributed by atoms with van der Waals surface area (Å²) in [6, 6.07) is 1.75. The Morgan fingerprint density at radius 1 is 1.20 bits per heavy atom. The van der Waals surface area contributed by atoms with Crippen molar-refractivity contribution in [1.82, 2.24) is 0 Å². The second-order valence-electron chi connectivity index (χ2n) is 2.65. The summed E-state index contributed by atoms with van der Waals surface area (Å²) in [6.45, 7) is 6.89. The van der Waals surface area contributed by atoms with Crippen LogP contribution in [-0.4, -0.2) is 30.9 Å². The molecule has 94 valence electrons. The number of nitrogens with zero attached hydrogens (tertiary/aromatic N) is 1. The van der Waals surface area contributed by atoms with E-state index in [1.807, 2.05) is 0 Å². The zero-order valence-electron chi connectivity index (χ0n) is 10.5. The number of aliphatic hydroxyl groups excluding tert-OH is 1. The normalized spacial score (nSPS) is 6.93. The third-order valence-corrected chi connectivity index (χ3v) is 1.21. The topological polar surface area (TPSA) is 84.8 Å². The van der Waals surface area contributed by atoms with Crippen LogP contribution in [0, 0.1) is 11.3 Å². The summed E-state index contributed by atoms with van der Waals surface area (Å²) in [5, 5.41) is 15.4. The SMILES string of the molecule is CC#N.CCCCO.CCCCOC.O. The molecule has 0 aromatic heterocycles. The highest BCUT2D eigenvalue weighted by Crippen LogP contribution is 1.83. The van der Waals surface area contributed by atoms with Crippen molar-refractivity contribution in [3.05, 3.63) is 0 Å². The van der Waals surface area contributed by atoms with Gasteiger partial charge in [0.1, 0.15) is 0 Å². The van der Waals surface area contributed by atoms with Gasteiger partial charge in [0.15, 0.2) is 0 Å². The first-order valence-electron chi connectivity index (χ1n) is 5.15. The number of hydrogen-bond donors (Lipinski definition) is 1. The molecule has 0 aliphatic rings. The Balaban J connectivity index is -0.0000000617. The molecule has 3 N–H and O–H groups in total. The largest absolute Gasteiger partial charge is 0.412 e. The van der Waals surface area contributed by atoms with Crippen LogP contribution in [0.3, 0.4) is 0 Å². The predicted octanol–water partition coefficient (Wildman–Crippen LogP) is 1.92. The smallest absolute Gasteiger partial charge is 0.0587 e. The van der Waals surface area contributed by atoms with Gasteiger partial charge in [-0.2, -0.15) is 5.26 Å². The van der Waals surface area contributed by atoms with Crippen molar-refractivity contribution in [1.29, 1.82) is 5.26 Å². The molecule has 0 heterocycles. The van der Waals surface area contributed by atoms with Crippen LogP contribution < -0.4 is 0 Å². The Morgan fingerprint density at radius 2 is 1.60 bits per heavy atom. The fourth-order valence-electron chi connectivity index (χ4n) is 0.447. The van der Waals surface area contributed by atoms with Crippen LogP contribution in [-0.2, 0) is 4.74 Å². The maximum atomic E-state index is 8.07. The van der Waals surface area contributed by atoms with Crippen molar-refractivity contribution in [3.8, 4) is 6.07 Å². The summed E-state index contributed by atoms with van der Waals surface area (Å²) in [5.41, 5.74) is 0. The summed E-state index contributed by atoms with van der Waals surface area (Å²) >= 11 is 0. The Morgan fingerprint density at radius 3 is 1.67 bits per heavy atom. The highest BCUT2D eigenvalue weighted by atomic mass is 16.5. The van der Waals surface area contributed by atoms with Gasteiger partial charge in [-0.1, -0.05) is 26.7 Å². The average molecular weight is 221 g/mol. The van der Waals surface area contributed by atoms with Gasteiger partial charge in [0.2, 0.25) is 0 Å². The summed E-state index contributed by atoms with van der Waals surface area (Å²) < 4.78 is 4.78. The van der Waals surface area contributed by atoms with E-state index in [1.165, 1.54) is 19.8 Å². The molecule has 0 unspecified atom stereocenters. The van der Waals surface area contributed by atoms with E-state index in [0.717, 1.165) is 19.4 Å². The quantitative estimate of drug-likeness (QED) is 0.720. The van der Waals surface area contributed by atoms with E-state index in [-0.39, 0.29) is 5.48 Å². The van der Waals surface area contributed by atoms with Crippen molar-refractivity contribution >= 4 is 0 Å². The number of nitriles is 1. The van der Waals surface area contributed by atoms with Crippen LogP contribution in [0.4, 0.5) is 0 Å². The van der Waals surface area contributed by atoms with Gasteiger partial charge in [0.05, 0.1) is 6.07 Å². The molecule has 0 aliphatic heterocycles. The molecule has 15 heavy (non-hydrogen) atoms. The molecule has 0 radical (unpaired) electrons.